The molecule has 0 bridgehead atoms. The molecule has 1 heterocycles. The molecule has 3 amide bonds. The number of halogens is 2. The Morgan fingerprint density at radius 2 is 2.12 bits per heavy atom. The quantitative estimate of drug-likeness (QED) is 0.718. The number of carbonyl (C=O) groups is 2. The van der Waals surface area contributed by atoms with Gasteiger partial charge in [-0.2, -0.15) is 0 Å². The lowest BCUT2D eigenvalue weighted by atomic mass is 10.1. The first-order valence-electron chi connectivity index (χ1n) is 7.41. The van der Waals surface area contributed by atoms with Crippen LogP contribution in [-0.2, 0) is 22.7 Å². The molecule has 1 aliphatic heterocycles. The van der Waals surface area contributed by atoms with Crippen LogP contribution >= 0.6 is 0 Å². The minimum atomic E-state index is -0.831. The van der Waals surface area contributed by atoms with E-state index in [1.54, 1.807) is 0 Å². The molecule has 0 aliphatic carbocycles. The zero-order chi connectivity index (χ0) is 17.5. The van der Waals surface area contributed by atoms with Crippen LogP contribution in [0.4, 0.5) is 13.6 Å². The second-order valence-electron chi connectivity index (χ2n) is 5.19. The summed E-state index contributed by atoms with van der Waals surface area (Å²) in [6.07, 6.45) is 0. The first kappa shape index (κ1) is 17.9. The molecule has 0 saturated heterocycles. The van der Waals surface area contributed by atoms with Gasteiger partial charge in [0.25, 0.3) is 0 Å². The molecule has 1 atom stereocenters. The Morgan fingerprint density at radius 1 is 1.33 bits per heavy atom. The third kappa shape index (κ3) is 4.79. The Balaban J connectivity index is 1.90. The highest BCUT2D eigenvalue weighted by atomic mass is 19.1. The molecule has 1 unspecified atom stereocenters. The zero-order valence-corrected chi connectivity index (χ0v) is 13.2. The SMILES string of the molecule is CC(NC(=O)NCc1cc(F)cc2c1OCOC2)C(=O)NCCF. The number of carbonyl (C=O) groups excluding carboxylic acids is 2. The van der Waals surface area contributed by atoms with Crippen LogP contribution in [0, 0.1) is 5.82 Å². The summed E-state index contributed by atoms with van der Waals surface area (Å²) in [7, 11) is 0. The zero-order valence-electron chi connectivity index (χ0n) is 13.2. The van der Waals surface area contributed by atoms with Crippen LogP contribution in [0.3, 0.4) is 0 Å². The van der Waals surface area contributed by atoms with Gasteiger partial charge in [0.15, 0.2) is 6.79 Å². The number of hydrogen-bond donors (Lipinski definition) is 3. The second-order valence-corrected chi connectivity index (χ2v) is 5.19. The number of ether oxygens (including phenoxy) is 2. The number of benzene rings is 1. The molecule has 2 rings (SSSR count). The van der Waals surface area contributed by atoms with E-state index in [4.69, 9.17) is 9.47 Å². The van der Waals surface area contributed by atoms with Crippen LogP contribution in [0.2, 0.25) is 0 Å². The second kappa shape index (κ2) is 8.44. The number of fused-ring (bicyclic) bond motifs is 1. The molecule has 1 aliphatic rings. The minimum Gasteiger partial charge on any atom is -0.467 e. The number of amides is 3. The molecule has 0 aromatic heterocycles. The Kier molecular flexibility index (Phi) is 6.30. The fraction of sp³-hybridized carbons (Fsp3) is 0.467. The van der Waals surface area contributed by atoms with Crippen molar-refractivity contribution in [1.29, 1.82) is 0 Å². The topological polar surface area (TPSA) is 88.7 Å². The van der Waals surface area contributed by atoms with E-state index in [2.05, 4.69) is 16.0 Å². The predicted molar refractivity (Wildman–Crippen MR) is 80.5 cm³/mol. The van der Waals surface area contributed by atoms with Gasteiger partial charge >= 0.3 is 6.03 Å². The lowest BCUT2D eigenvalue weighted by Gasteiger charge is -2.21. The smallest absolute Gasteiger partial charge is 0.315 e. The van der Waals surface area contributed by atoms with Crippen molar-refractivity contribution in [2.75, 3.05) is 20.0 Å². The number of hydrogen-bond acceptors (Lipinski definition) is 4. The van der Waals surface area contributed by atoms with Gasteiger partial charge in [0.05, 0.1) is 6.61 Å². The van der Waals surface area contributed by atoms with Crippen LogP contribution in [-0.4, -0.2) is 38.0 Å². The first-order valence-corrected chi connectivity index (χ1v) is 7.41. The summed E-state index contributed by atoms with van der Waals surface area (Å²) in [6.45, 7) is 0.991. The highest BCUT2D eigenvalue weighted by molar-refractivity contribution is 5.86. The van der Waals surface area contributed by atoms with Gasteiger partial charge in [-0.05, 0) is 19.1 Å². The summed E-state index contributed by atoms with van der Waals surface area (Å²) >= 11 is 0. The maximum absolute atomic E-state index is 13.6. The molecule has 1 aromatic rings. The van der Waals surface area contributed by atoms with Crippen LogP contribution in [0.1, 0.15) is 18.1 Å². The van der Waals surface area contributed by atoms with E-state index < -0.39 is 30.5 Å². The van der Waals surface area contributed by atoms with Crippen LogP contribution < -0.4 is 20.7 Å². The molecule has 0 radical (unpaired) electrons. The lowest BCUT2D eigenvalue weighted by Crippen LogP contribution is -2.48. The maximum atomic E-state index is 13.6. The van der Waals surface area contributed by atoms with Crippen LogP contribution in [0.5, 0.6) is 5.75 Å². The first-order chi connectivity index (χ1) is 11.5. The van der Waals surface area contributed by atoms with Gasteiger partial charge in [0, 0.05) is 24.2 Å². The monoisotopic (exact) mass is 343 g/mol. The summed E-state index contributed by atoms with van der Waals surface area (Å²) in [6, 6.07) is 1.14. The van der Waals surface area contributed by atoms with Crippen molar-refractivity contribution in [1.82, 2.24) is 16.0 Å². The molecule has 1 aromatic carbocycles. The van der Waals surface area contributed by atoms with Gasteiger partial charge in [-0.1, -0.05) is 0 Å². The molecule has 3 N–H and O–H groups in total. The fourth-order valence-electron chi connectivity index (χ4n) is 2.20. The van der Waals surface area contributed by atoms with E-state index in [9.17, 15) is 18.4 Å². The van der Waals surface area contributed by atoms with Crippen LogP contribution in [0.15, 0.2) is 12.1 Å². The largest absolute Gasteiger partial charge is 0.467 e. The van der Waals surface area contributed by atoms with E-state index in [0.29, 0.717) is 16.9 Å². The summed E-state index contributed by atoms with van der Waals surface area (Å²) < 4.78 is 36.0. The normalized spacial score (nSPS) is 14.1. The number of alkyl halides is 1. The summed E-state index contributed by atoms with van der Waals surface area (Å²) in [5.41, 5.74) is 1.04. The third-order valence-electron chi connectivity index (χ3n) is 3.33. The van der Waals surface area contributed by atoms with Crippen molar-refractivity contribution < 1.29 is 27.8 Å². The molecule has 132 valence electrons. The van der Waals surface area contributed by atoms with Gasteiger partial charge in [0.2, 0.25) is 5.91 Å². The van der Waals surface area contributed by atoms with Crippen LogP contribution in [0.25, 0.3) is 0 Å². The number of nitrogens with one attached hydrogen (secondary N) is 3. The summed E-state index contributed by atoms with van der Waals surface area (Å²) in [5, 5.41) is 7.26. The molecule has 0 fully saturated rings. The number of rotatable bonds is 6. The number of urea groups is 1. The Morgan fingerprint density at radius 3 is 2.88 bits per heavy atom. The predicted octanol–water partition coefficient (Wildman–Crippen LogP) is 0.966. The van der Waals surface area contributed by atoms with Crippen molar-refractivity contribution in [2.24, 2.45) is 0 Å². The van der Waals surface area contributed by atoms with Crippen molar-refractivity contribution in [3.63, 3.8) is 0 Å². The van der Waals surface area contributed by atoms with Crippen molar-refractivity contribution in [2.45, 2.75) is 26.1 Å². The summed E-state index contributed by atoms with van der Waals surface area (Å²) in [4.78, 5) is 23.4. The Labute approximate surface area is 137 Å². The third-order valence-corrected chi connectivity index (χ3v) is 3.33. The maximum Gasteiger partial charge on any atom is 0.315 e. The highest BCUT2D eigenvalue weighted by Gasteiger charge is 2.18. The van der Waals surface area contributed by atoms with Crippen molar-refractivity contribution in [3.05, 3.63) is 29.1 Å². The van der Waals surface area contributed by atoms with Crippen molar-refractivity contribution in [3.8, 4) is 5.75 Å². The fourth-order valence-corrected chi connectivity index (χ4v) is 2.20. The van der Waals surface area contributed by atoms with Gasteiger partial charge in [-0.25, -0.2) is 13.6 Å². The Hall–Kier alpha value is -2.42. The molecule has 0 saturated carbocycles. The molecule has 7 nitrogen and oxygen atoms in total. The van der Waals surface area contributed by atoms with Gasteiger partial charge in [-0.3, -0.25) is 4.79 Å². The van der Waals surface area contributed by atoms with E-state index >= 15 is 0 Å². The van der Waals surface area contributed by atoms with E-state index in [1.165, 1.54) is 19.1 Å². The average molecular weight is 343 g/mol. The van der Waals surface area contributed by atoms with Gasteiger partial charge < -0.3 is 25.4 Å². The average Bonchev–Trinajstić information content (AvgIpc) is 2.57. The van der Waals surface area contributed by atoms with Gasteiger partial charge in [-0.15, -0.1) is 0 Å². The molecule has 0 spiro atoms. The molecule has 24 heavy (non-hydrogen) atoms. The standard InChI is InChI=1S/C15H19F2N3O4/c1-9(14(21)18-3-2-16)20-15(22)19-6-10-4-12(17)5-11-7-23-8-24-13(10)11/h4-5,9H,2-3,6-8H2,1H3,(H,18,21)(H2,19,20,22). The molecular formula is C15H19F2N3O4. The molecule has 9 heteroatoms. The van der Waals surface area contributed by atoms with Gasteiger partial charge in [0.1, 0.15) is 24.3 Å². The molecular weight excluding hydrogens is 324 g/mol. The highest BCUT2D eigenvalue weighted by Crippen LogP contribution is 2.29. The Bertz CT molecular complexity index is 613. The van der Waals surface area contributed by atoms with Crippen molar-refractivity contribution >= 4 is 11.9 Å². The van der Waals surface area contributed by atoms with E-state index in [1.807, 2.05) is 0 Å². The van der Waals surface area contributed by atoms with E-state index in [-0.39, 0.29) is 26.5 Å². The van der Waals surface area contributed by atoms with E-state index in [0.717, 1.165) is 0 Å². The summed E-state index contributed by atoms with van der Waals surface area (Å²) in [5.74, 6) is -0.470. The minimum absolute atomic E-state index is 0.0186. The lowest BCUT2D eigenvalue weighted by molar-refractivity contribution is -0.122.